The molecule has 7 nitrogen and oxygen atoms in total. The van der Waals surface area contributed by atoms with E-state index in [9.17, 15) is 10.2 Å². The van der Waals surface area contributed by atoms with Crippen molar-refractivity contribution in [1.29, 1.82) is 0 Å². The third kappa shape index (κ3) is 5.23. The van der Waals surface area contributed by atoms with Crippen molar-refractivity contribution in [2.24, 2.45) is 0 Å². The first-order chi connectivity index (χ1) is 13.4. The highest BCUT2D eigenvalue weighted by molar-refractivity contribution is 5.26. The summed E-state index contributed by atoms with van der Waals surface area (Å²) >= 11 is 0. The number of fused-ring (bicyclic) bond motifs is 1. The van der Waals surface area contributed by atoms with Gasteiger partial charge < -0.3 is 33.9 Å². The molecular weight excluding hydrogens is 364 g/mol. The van der Waals surface area contributed by atoms with E-state index in [-0.39, 0.29) is 0 Å². The van der Waals surface area contributed by atoms with Gasteiger partial charge in [-0.25, -0.2) is 0 Å². The van der Waals surface area contributed by atoms with Crippen molar-refractivity contribution in [3.63, 3.8) is 0 Å². The van der Waals surface area contributed by atoms with Gasteiger partial charge in [0.15, 0.2) is 12.1 Å². The van der Waals surface area contributed by atoms with Crippen LogP contribution in [0.15, 0.2) is 24.3 Å². The van der Waals surface area contributed by atoms with Crippen LogP contribution in [0.25, 0.3) is 0 Å². The Hall–Kier alpha value is -1.22. The highest BCUT2D eigenvalue weighted by atomic mass is 16.8. The molecule has 158 valence electrons. The Balaban J connectivity index is 1.56. The van der Waals surface area contributed by atoms with Crippen LogP contribution in [0.2, 0.25) is 0 Å². The zero-order chi connectivity index (χ0) is 20.1. The van der Waals surface area contributed by atoms with Crippen LogP contribution in [0.3, 0.4) is 0 Å². The third-order valence-electron chi connectivity index (χ3n) is 4.98. The fourth-order valence-electron chi connectivity index (χ4n) is 3.52. The molecule has 0 aromatic heterocycles. The normalized spacial score (nSPS) is 29.6. The Morgan fingerprint density at radius 1 is 1.14 bits per heavy atom. The van der Waals surface area contributed by atoms with Gasteiger partial charge in [0.25, 0.3) is 0 Å². The fourth-order valence-corrected chi connectivity index (χ4v) is 3.52. The van der Waals surface area contributed by atoms with Crippen LogP contribution >= 0.6 is 0 Å². The average molecular weight is 396 g/mol. The molecule has 0 aliphatic carbocycles. The molecule has 2 saturated heterocycles. The summed E-state index contributed by atoms with van der Waals surface area (Å²) in [7, 11) is 0. The van der Waals surface area contributed by atoms with Crippen LogP contribution in [0.5, 0.6) is 5.75 Å². The minimum Gasteiger partial charge on any atom is -0.494 e. The minimum atomic E-state index is -1.06. The van der Waals surface area contributed by atoms with Gasteiger partial charge in [0.05, 0.1) is 19.8 Å². The molecule has 2 aliphatic rings. The number of benzene rings is 1. The first-order valence-electron chi connectivity index (χ1n) is 10.1. The van der Waals surface area contributed by atoms with Gasteiger partial charge in [0.2, 0.25) is 0 Å². The monoisotopic (exact) mass is 396 g/mol. The van der Waals surface area contributed by atoms with Crippen molar-refractivity contribution in [1.82, 2.24) is 0 Å². The van der Waals surface area contributed by atoms with E-state index >= 15 is 0 Å². The quantitative estimate of drug-likeness (QED) is 0.587. The summed E-state index contributed by atoms with van der Waals surface area (Å²) in [5.74, 6) is 0.0648. The van der Waals surface area contributed by atoms with Gasteiger partial charge in [-0.3, -0.25) is 0 Å². The molecule has 3 rings (SSSR count). The fraction of sp³-hybridized carbons (Fsp3) is 0.714. The SMILES string of the molecule is CCCCCOc1ccc(CO[C@@H]2[C@H]3OC(C)(C)O[C@H]3O[C@@H]2[C@@H](O)CO)cc1. The van der Waals surface area contributed by atoms with E-state index in [0.717, 1.165) is 24.3 Å². The van der Waals surface area contributed by atoms with Gasteiger partial charge in [-0.2, -0.15) is 0 Å². The maximum absolute atomic E-state index is 10.1. The maximum atomic E-state index is 10.1. The Morgan fingerprint density at radius 2 is 1.89 bits per heavy atom. The molecule has 2 aliphatic heterocycles. The average Bonchev–Trinajstić information content (AvgIpc) is 3.15. The van der Waals surface area contributed by atoms with Crippen molar-refractivity contribution in [2.45, 2.75) is 83.1 Å². The number of aliphatic hydroxyl groups excluding tert-OH is 2. The predicted molar refractivity (Wildman–Crippen MR) is 102 cm³/mol. The van der Waals surface area contributed by atoms with Crippen molar-refractivity contribution >= 4 is 0 Å². The Labute approximate surface area is 166 Å². The van der Waals surface area contributed by atoms with Crippen molar-refractivity contribution in [3.05, 3.63) is 29.8 Å². The first-order valence-corrected chi connectivity index (χ1v) is 10.1. The zero-order valence-electron chi connectivity index (χ0n) is 16.9. The summed E-state index contributed by atoms with van der Waals surface area (Å²) in [6.45, 7) is 6.41. The molecule has 0 spiro atoms. The van der Waals surface area contributed by atoms with Crippen LogP contribution < -0.4 is 4.74 Å². The molecule has 28 heavy (non-hydrogen) atoms. The van der Waals surface area contributed by atoms with E-state index in [1.165, 1.54) is 12.8 Å². The molecular formula is C21H32O7. The van der Waals surface area contributed by atoms with Crippen LogP contribution in [-0.4, -0.2) is 59.9 Å². The molecule has 0 saturated carbocycles. The van der Waals surface area contributed by atoms with Gasteiger partial charge in [-0.1, -0.05) is 31.9 Å². The zero-order valence-corrected chi connectivity index (χ0v) is 16.9. The number of hydrogen-bond donors (Lipinski definition) is 2. The van der Waals surface area contributed by atoms with E-state index in [0.29, 0.717) is 6.61 Å². The highest BCUT2D eigenvalue weighted by Crippen LogP contribution is 2.39. The minimum absolute atomic E-state index is 0.325. The molecule has 2 N–H and O–H groups in total. The summed E-state index contributed by atoms with van der Waals surface area (Å²) in [5.41, 5.74) is 0.972. The van der Waals surface area contributed by atoms with E-state index in [2.05, 4.69) is 6.92 Å². The van der Waals surface area contributed by atoms with E-state index in [1.807, 2.05) is 38.1 Å². The van der Waals surface area contributed by atoms with Gasteiger partial charge >= 0.3 is 0 Å². The number of hydrogen-bond acceptors (Lipinski definition) is 7. The summed E-state index contributed by atoms with van der Waals surface area (Å²) in [4.78, 5) is 0. The van der Waals surface area contributed by atoms with Crippen LogP contribution in [0.1, 0.15) is 45.6 Å². The Bertz CT molecular complexity index is 603. The molecule has 5 atom stereocenters. The van der Waals surface area contributed by atoms with Gasteiger partial charge in [-0.05, 0) is 38.0 Å². The number of unbranched alkanes of at least 4 members (excludes halogenated alkanes) is 2. The molecule has 0 amide bonds. The lowest BCUT2D eigenvalue weighted by Crippen LogP contribution is -2.44. The highest BCUT2D eigenvalue weighted by Gasteiger charge is 2.56. The largest absolute Gasteiger partial charge is 0.494 e. The topological polar surface area (TPSA) is 86.6 Å². The number of aliphatic hydroxyl groups is 2. The van der Waals surface area contributed by atoms with Gasteiger partial charge in [0, 0.05) is 0 Å². The first kappa shape index (κ1) is 21.5. The Morgan fingerprint density at radius 3 is 2.57 bits per heavy atom. The summed E-state index contributed by atoms with van der Waals surface area (Å²) in [5, 5.41) is 19.4. The predicted octanol–water partition coefficient (Wildman–Crippen LogP) is 2.37. The lowest BCUT2D eigenvalue weighted by molar-refractivity contribution is -0.232. The lowest BCUT2D eigenvalue weighted by Gasteiger charge is -2.28. The second kappa shape index (κ2) is 9.52. The van der Waals surface area contributed by atoms with Crippen molar-refractivity contribution in [3.8, 4) is 5.75 Å². The molecule has 7 heteroatoms. The second-order valence-electron chi connectivity index (χ2n) is 7.79. The van der Waals surface area contributed by atoms with Crippen molar-refractivity contribution in [2.75, 3.05) is 13.2 Å². The smallest absolute Gasteiger partial charge is 0.190 e. The van der Waals surface area contributed by atoms with E-state index in [4.69, 9.17) is 23.7 Å². The molecule has 0 bridgehead atoms. The van der Waals surface area contributed by atoms with Crippen LogP contribution in [0, 0.1) is 0 Å². The maximum Gasteiger partial charge on any atom is 0.190 e. The lowest BCUT2D eigenvalue weighted by atomic mass is 10.1. The molecule has 1 aromatic carbocycles. The molecule has 0 unspecified atom stereocenters. The van der Waals surface area contributed by atoms with Crippen LogP contribution in [0.4, 0.5) is 0 Å². The number of ether oxygens (including phenoxy) is 5. The van der Waals surface area contributed by atoms with E-state index < -0.39 is 43.1 Å². The Kier molecular flexibility index (Phi) is 7.31. The van der Waals surface area contributed by atoms with Crippen LogP contribution in [-0.2, 0) is 25.6 Å². The van der Waals surface area contributed by atoms with Crippen molar-refractivity contribution < 1.29 is 33.9 Å². The molecule has 2 fully saturated rings. The third-order valence-corrected chi connectivity index (χ3v) is 4.98. The summed E-state index contributed by atoms with van der Waals surface area (Å²) < 4.78 is 29.1. The molecule has 0 radical (unpaired) electrons. The standard InChI is InChI=1S/C21H32O7/c1-4-5-6-11-24-15-9-7-14(8-10-15)13-25-18-17(16(23)12-22)26-20-19(18)27-21(2,3)28-20/h7-10,16-20,22-23H,4-6,11-13H2,1-3H3/t16-,17+,18-,19+,20+/m0/s1. The molecule has 1 aromatic rings. The second-order valence-corrected chi connectivity index (χ2v) is 7.79. The van der Waals surface area contributed by atoms with Gasteiger partial charge in [-0.15, -0.1) is 0 Å². The molecule has 2 heterocycles. The summed E-state index contributed by atoms with van der Waals surface area (Å²) in [6.07, 6.45) is -0.00224. The van der Waals surface area contributed by atoms with Gasteiger partial charge in [0.1, 0.15) is 30.2 Å². The van der Waals surface area contributed by atoms with E-state index in [1.54, 1.807) is 0 Å². The summed E-state index contributed by atoms with van der Waals surface area (Å²) in [6, 6.07) is 7.76. The number of rotatable bonds is 10.